The van der Waals surface area contributed by atoms with Crippen LogP contribution < -0.4 is 10.6 Å². The molecule has 2 rings (SSSR count). The van der Waals surface area contributed by atoms with E-state index in [1.165, 1.54) is 22.3 Å². The van der Waals surface area contributed by atoms with Gasteiger partial charge in [-0.15, -0.1) is 0 Å². The molecule has 0 bridgehead atoms. The summed E-state index contributed by atoms with van der Waals surface area (Å²) in [5.41, 5.74) is 5.38. The summed E-state index contributed by atoms with van der Waals surface area (Å²) in [6, 6.07) is 5.24. The summed E-state index contributed by atoms with van der Waals surface area (Å²) >= 11 is 0. The first-order valence-corrected chi connectivity index (χ1v) is 7.08. The van der Waals surface area contributed by atoms with Crippen LogP contribution in [-0.4, -0.2) is 18.5 Å². The molecule has 2 N–H and O–H groups in total. The van der Waals surface area contributed by atoms with Crippen LogP contribution in [0.5, 0.6) is 0 Å². The van der Waals surface area contributed by atoms with Crippen molar-refractivity contribution in [3.8, 4) is 0 Å². The lowest BCUT2D eigenvalue weighted by atomic mass is 9.95. The zero-order chi connectivity index (χ0) is 14.0. The van der Waals surface area contributed by atoms with E-state index in [4.69, 9.17) is 0 Å². The predicted molar refractivity (Wildman–Crippen MR) is 78.2 cm³/mol. The lowest BCUT2D eigenvalue weighted by molar-refractivity contribution is -0.122. The molecule has 1 aliphatic heterocycles. The topological polar surface area (TPSA) is 41.1 Å². The molecule has 2 atom stereocenters. The summed E-state index contributed by atoms with van der Waals surface area (Å²) in [6.45, 7) is 9.43. The van der Waals surface area contributed by atoms with E-state index in [0.29, 0.717) is 18.5 Å². The first kappa shape index (κ1) is 14.1. The zero-order valence-corrected chi connectivity index (χ0v) is 12.3. The molecular weight excluding hydrogens is 236 g/mol. The van der Waals surface area contributed by atoms with Crippen LogP contribution in [-0.2, 0) is 4.79 Å². The van der Waals surface area contributed by atoms with Crippen molar-refractivity contribution in [1.29, 1.82) is 0 Å². The van der Waals surface area contributed by atoms with Crippen molar-refractivity contribution in [1.82, 2.24) is 10.6 Å². The molecule has 2 unspecified atom stereocenters. The Bertz CT molecular complexity index is 472. The third-order valence-corrected chi connectivity index (χ3v) is 4.10. The van der Waals surface area contributed by atoms with Crippen LogP contribution >= 0.6 is 0 Å². The molecule has 1 amide bonds. The van der Waals surface area contributed by atoms with Gasteiger partial charge in [-0.2, -0.15) is 0 Å². The molecule has 0 aromatic heterocycles. The maximum atomic E-state index is 11.2. The van der Waals surface area contributed by atoms with Crippen LogP contribution in [0.2, 0.25) is 0 Å². The fourth-order valence-electron chi connectivity index (χ4n) is 2.77. The van der Waals surface area contributed by atoms with E-state index >= 15 is 0 Å². The monoisotopic (exact) mass is 260 g/mol. The maximum Gasteiger partial charge on any atom is 0.220 e. The van der Waals surface area contributed by atoms with Crippen molar-refractivity contribution in [3.63, 3.8) is 0 Å². The van der Waals surface area contributed by atoms with Crippen LogP contribution in [0, 0.1) is 20.8 Å². The highest BCUT2D eigenvalue weighted by molar-refractivity contribution is 5.76. The highest BCUT2D eigenvalue weighted by atomic mass is 16.1. The van der Waals surface area contributed by atoms with E-state index in [1.807, 2.05) is 0 Å². The molecule has 3 heteroatoms. The first-order chi connectivity index (χ1) is 8.97. The zero-order valence-electron chi connectivity index (χ0n) is 12.3. The first-order valence-electron chi connectivity index (χ1n) is 7.08. The number of amides is 1. The SMILES string of the molecule is Cc1cc(C)c(C(C)NC2CCC(=O)NC2)cc1C. The van der Waals surface area contributed by atoms with Crippen molar-refractivity contribution in [2.75, 3.05) is 6.54 Å². The Kier molecular flexibility index (Phi) is 4.25. The number of rotatable bonds is 3. The van der Waals surface area contributed by atoms with E-state index in [2.05, 4.69) is 50.5 Å². The van der Waals surface area contributed by atoms with Crippen LogP contribution in [0.1, 0.15) is 48.1 Å². The van der Waals surface area contributed by atoms with E-state index < -0.39 is 0 Å². The lowest BCUT2D eigenvalue weighted by Crippen LogP contribution is -2.46. The fourth-order valence-corrected chi connectivity index (χ4v) is 2.77. The van der Waals surface area contributed by atoms with Gasteiger partial charge in [-0.05, 0) is 56.4 Å². The molecule has 1 aromatic carbocycles. The van der Waals surface area contributed by atoms with Gasteiger partial charge in [0.25, 0.3) is 0 Å². The van der Waals surface area contributed by atoms with Gasteiger partial charge in [-0.25, -0.2) is 0 Å². The molecule has 3 nitrogen and oxygen atoms in total. The molecule has 1 aromatic rings. The van der Waals surface area contributed by atoms with Gasteiger partial charge in [0.1, 0.15) is 0 Å². The second-order valence-corrected chi connectivity index (χ2v) is 5.72. The summed E-state index contributed by atoms with van der Waals surface area (Å²) < 4.78 is 0. The van der Waals surface area contributed by atoms with E-state index in [1.54, 1.807) is 0 Å². The molecule has 104 valence electrons. The van der Waals surface area contributed by atoms with Gasteiger partial charge in [-0.1, -0.05) is 12.1 Å². The van der Waals surface area contributed by atoms with Gasteiger partial charge in [0.2, 0.25) is 5.91 Å². The largest absolute Gasteiger partial charge is 0.355 e. The molecule has 1 heterocycles. The highest BCUT2D eigenvalue weighted by Gasteiger charge is 2.20. The summed E-state index contributed by atoms with van der Waals surface area (Å²) in [7, 11) is 0. The summed E-state index contributed by atoms with van der Waals surface area (Å²) in [6.07, 6.45) is 1.57. The second kappa shape index (κ2) is 5.74. The van der Waals surface area contributed by atoms with Crippen molar-refractivity contribution in [3.05, 3.63) is 34.4 Å². The smallest absolute Gasteiger partial charge is 0.220 e. The molecule has 19 heavy (non-hydrogen) atoms. The summed E-state index contributed by atoms with van der Waals surface area (Å²) in [4.78, 5) is 11.2. The Morgan fingerprint density at radius 1 is 1.21 bits per heavy atom. The third kappa shape index (κ3) is 3.35. The minimum Gasteiger partial charge on any atom is -0.355 e. The Morgan fingerprint density at radius 2 is 1.89 bits per heavy atom. The van der Waals surface area contributed by atoms with Gasteiger partial charge >= 0.3 is 0 Å². The molecule has 0 radical (unpaired) electrons. The van der Waals surface area contributed by atoms with E-state index in [0.717, 1.165) is 13.0 Å². The Hall–Kier alpha value is -1.35. The number of aryl methyl sites for hydroxylation is 3. The van der Waals surface area contributed by atoms with E-state index in [9.17, 15) is 4.79 Å². The molecule has 1 saturated heterocycles. The number of carbonyl (C=O) groups excluding carboxylic acids is 1. The fraction of sp³-hybridized carbons (Fsp3) is 0.562. The highest BCUT2D eigenvalue weighted by Crippen LogP contribution is 2.22. The standard InChI is InChI=1S/C16H24N2O/c1-10-7-12(3)15(8-11(10)2)13(4)18-14-5-6-16(19)17-9-14/h7-8,13-14,18H,5-6,9H2,1-4H3,(H,17,19). The minimum atomic E-state index is 0.174. The average Bonchev–Trinajstić information content (AvgIpc) is 2.36. The normalized spacial score (nSPS) is 21.1. The summed E-state index contributed by atoms with van der Waals surface area (Å²) in [5, 5.41) is 6.55. The van der Waals surface area contributed by atoms with Gasteiger partial charge in [0, 0.05) is 25.0 Å². The third-order valence-electron chi connectivity index (χ3n) is 4.10. The van der Waals surface area contributed by atoms with Gasteiger partial charge in [-0.3, -0.25) is 4.79 Å². The van der Waals surface area contributed by atoms with Crippen molar-refractivity contribution in [2.24, 2.45) is 0 Å². The second-order valence-electron chi connectivity index (χ2n) is 5.72. The number of hydrogen-bond acceptors (Lipinski definition) is 2. The van der Waals surface area contributed by atoms with Crippen LogP contribution in [0.25, 0.3) is 0 Å². The molecule has 1 fully saturated rings. The minimum absolute atomic E-state index is 0.174. The summed E-state index contributed by atoms with van der Waals surface area (Å²) in [5.74, 6) is 0.174. The Balaban J connectivity index is 2.05. The van der Waals surface area contributed by atoms with Gasteiger partial charge in [0.05, 0.1) is 0 Å². The quantitative estimate of drug-likeness (QED) is 0.877. The predicted octanol–water partition coefficient (Wildman–Crippen LogP) is 2.54. The number of hydrogen-bond donors (Lipinski definition) is 2. The van der Waals surface area contributed by atoms with Crippen LogP contribution in [0.15, 0.2) is 12.1 Å². The maximum absolute atomic E-state index is 11.2. The Morgan fingerprint density at radius 3 is 2.53 bits per heavy atom. The van der Waals surface area contributed by atoms with Gasteiger partial charge in [0.15, 0.2) is 0 Å². The number of carbonyl (C=O) groups is 1. The van der Waals surface area contributed by atoms with Crippen molar-refractivity contribution < 1.29 is 4.79 Å². The molecule has 0 saturated carbocycles. The van der Waals surface area contributed by atoms with Gasteiger partial charge < -0.3 is 10.6 Å². The number of nitrogens with one attached hydrogen (secondary N) is 2. The molecular formula is C16H24N2O. The van der Waals surface area contributed by atoms with E-state index in [-0.39, 0.29) is 5.91 Å². The molecule has 0 aliphatic carbocycles. The average molecular weight is 260 g/mol. The van der Waals surface area contributed by atoms with Crippen LogP contribution in [0.4, 0.5) is 0 Å². The van der Waals surface area contributed by atoms with Crippen molar-refractivity contribution in [2.45, 2.75) is 52.6 Å². The molecule has 1 aliphatic rings. The number of piperidine rings is 1. The lowest BCUT2D eigenvalue weighted by Gasteiger charge is -2.28. The molecule has 0 spiro atoms. The number of benzene rings is 1. The van der Waals surface area contributed by atoms with Crippen molar-refractivity contribution >= 4 is 5.91 Å². The Labute approximate surface area is 115 Å². The van der Waals surface area contributed by atoms with Crippen LogP contribution in [0.3, 0.4) is 0 Å².